The van der Waals surface area contributed by atoms with Gasteiger partial charge in [0.1, 0.15) is 5.75 Å². The minimum absolute atomic E-state index is 0.0604. The van der Waals surface area contributed by atoms with Gasteiger partial charge in [-0.1, -0.05) is 18.2 Å². The van der Waals surface area contributed by atoms with Crippen LogP contribution in [-0.4, -0.2) is 33.7 Å². The summed E-state index contributed by atoms with van der Waals surface area (Å²) in [7, 11) is -1.70. The first-order chi connectivity index (χ1) is 13.4. The molecule has 0 fully saturated rings. The second-order valence-electron chi connectivity index (χ2n) is 6.82. The van der Waals surface area contributed by atoms with Crippen molar-refractivity contribution in [3.63, 3.8) is 0 Å². The molecule has 3 rings (SSSR count). The fourth-order valence-electron chi connectivity index (χ4n) is 3.34. The molecule has 0 saturated carbocycles. The van der Waals surface area contributed by atoms with E-state index < -0.39 is 10.0 Å². The summed E-state index contributed by atoms with van der Waals surface area (Å²) in [6.45, 7) is 2.13. The van der Waals surface area contributed by atoms with E-state index in [2.05, 4.69) is 5.32 Å². The maximum atomic E-state index is 12.4. The van der Waals surface area contributed by atoms with Gasteiger partial charge in [0.05, 0.1) is 18.6 Å². The predicted octanol–water partition coefficient (Wildman–Crippen LogP) is 3.37. The zero-order valence-electron chi connectivity index (χ0n) is 16.3. The molecule has 2 aromatic carbocycles. The van der Waals surface area contributed by atoms with Gasteiger partial charge in [0.2, 0.25) is 15.9 Å². The van der Waals surface area contributed by atoms with E-state index in [0.29, 0.717) is 30.8 Å². The van der Waals surface area contributed by atoms with Crippen molar-refractivity contribution in [1.29, 1.82) is 0 Å². The van der Waals surface area contributed by atoms with Crippen LogP contribution in [-0.2, 0) is 27.7 Å². The Morgan fingerprint density at radius 1 is 1.18 bits per heavy atom. The van der Waals surface area contributed by atoms with Crippen LogP contribution < -0.4 is 14.4 Å². The highest BCUT2D eigenvalue weighted by Gasteiger charge is 2.26. The van der Waals surface area contributed by atoms with Crippen molar-refractivity contribution in [2.24, 2.45) is 0 Å². The summed E-state index contributed by atoms with van der Waals surface area (Å²) in [5.74, 6) is 0.746. The molecule has 0 radical (unpaired) electrons. The van der Waals surface area contributed by atoms with E-state index in [4.69, 9.17) is 4.74 Å². The van der Waals surface area contributed by atoms with Crippen LogP contribution in [0.15, 0.2) is 42.5 Å². The lowest BCUT2D eigenvalue weighted by molar-refractivity contribution is -0.116. The van der Waals surface area contributed by atoms with E-state index in [1.165, 1.54) is 4.31 Å². The smallest absolute Gasteiger partial charge is 0.234 e. The number of nitrogens with one attached hydrogen (secondary N) is 1. The van der Waals surface area contributed by atoms with Gasteiger partial charge in [-0.15, -0.1) is 0 Å². The normalized spacial score (nSPS) is 13.7. The number of hydrogen-bond acceptors (Lipinski definition) is 4. The molecule has 1 N–H and O–H groups in total. The SMILES string of the molecule is CCS(=O)(=O)N1CCCc2ccc(NC(=O)CCc3ccc(OC)cc3)cc21. The van der Waals surface area contributed by atoms with Crippen molar-refractivity contribution >= 4 is 27.3 Å². The first kappa shape index (κ1) is 20.2. The molecule has 0 saturated heterocycles. The van der Waals surface area contributed by atoms with Crippen LogP contribution in [0.2, 0.25) is 0 Å². The topological polar surface area (TPSA) is 75.7 Å². The van der Waals surface area contributed by atoms with Crippen molar-refractivity contribution < 1.29 is 17.9 Å². The zero-order chi connectivity index (χ0) is 20.1. The van der Waals surface area contributed by atoms with Gasteiger partial charge in [-0.25, -0.2) is 8.42 Å². The molecule has 0 aromatic heterocycles. The van der Waals surface area contributed by atoms with Crippen molar-refractivity contribution in [2.75, 3.05) is 29.0 Å². The molecule has 1 aliphatic heterocycles. The molecular weight excluding hydrogens is 376 g/mol. The number of rotatable bonds is 7. The Balaban J connectivity index is 1.67. The Bertz CT molecular complexity index is 939. The van der Waals surface area contributed by atoms with Crippen LogP contribution in [0, 0.1) is 0 Å². The molecule has 0 aliphatic carbocycles. The maximum absolute atomic E-state index is 12.4. The molecule has 150 valence electrons. The summed E-state index contributed by atoms with van der Waals surface area (Å²) in [6, 6.07) is 13.2. The molecule has 1 heterocycles. The third kappa shape index (κ3) is 4.65. The third-order valence-electron chi connectivity index (χ3n) is 4.95. The van der Waals surface area contributed by atoms with Crippen LogP contribution in [0.4, 0.5) is 11.4 Å². The lowest BCUT2D eigenvalue weighted by Gasteiger charge is -2.30. The van der Waals surface area contributed by atoms with E-state index in [1.54, 1.807) is 20.1 Å². The molecule has 1 amide bonds. The van der Waals surface area contributed by atoms with Crippen LogP contribution >= 0.6 is 0 Å². The number of aryl methyl sites for hydroxylation is 2. The van der Waals surface area contributed by atoms with Crippen molar-refractivity contribution in [2.45, 2.75) is 32.6 Å². The Kier molecular flexibility index (Phi) is 6.24. The average Bonchev–Trinajstić information content (AvgIpc) is 2.72. The minimum Gasteiger partial charge on any atom is -0.497 e. The maximum Gasteiger partial charge on any atom is 0.234 e. The number of ether oxygens (including phenoxy) is 1. The number of hydrogen-bond donors (Lipinski definition) is 1. The number of methoxy groups -OCH3 is 1. The molecular formula is C21H26N2O4S. The molecule has 6 nitrogen and oxygen atoms in total. The second-order valence-corrected chi connectivity index (χ2v) is 9.00. The number of anilines is 2. The Labute approximate surface area is 166 Å². The van der Waals surface area contributed by atoms with Gasteiger partial charge in [-0.05, 0) is 61.6 Å². The first-order valence-corrected chi connectivity index (χ1v) is 11.1. The van der Waals surface area contributed by atoms with Gasteiger partial charge >= 0.3 is 0 Å². The molecule has 0 atom stereocenters. The van der Waals surface area contributed by atoms with Crippen LogP contribution in [0.25, 0.3) is 0 Å². The summed E-state index contributed by atoms with van der Waals surface area (Å²) in [5, 5.41) is 2.89. The number of sulfonamides is 1. The Hall–Kier alpha value is -2.54. The molecule has 0 bridgehead atoms. The largest absolute Gasteiger partial charge is 0.497 e. The molecule has 0 unspecified atom stereocenters. The zero-order valence-corrected chi connectivity index (χ0v) is 17.1. The minimum atomic E-state index is -3.32. The van der Waals surface area contributed by atoms with Crippen LogP contribution in [0.3, 0.4) is 0 Å². The predicted molar refractivity (Wildman–Crippen MR) is 112 cm³/mol. The first-order valence-electron chi connectivity index (χ1n) is 9.49. The third-order valence-corrected chi connectivity index (χ3v) is 6.73. The monoisotopic (exact) mass is 402 g/mol. The van der Waals surface area contributed by atoms with E-state index in [9.17, 15) is 13.2 Å². The highest BCUT2D eigenvalue weighted by atomic mass is 32.2. The van der Waals surface area contributed by atoms with Crippen molar-refractivity contribution in [3.05, 3.63) is 53.6 Å². The van der Waals surface area contributed by atoms with E-state index >= 15 is 0 Å². The summed E-state index contributed by atoms with van der Waals surface area (Å²) in [6.07, 6.45) is 2.62. The van der Waals surface area contributed by atoms with Gasteiger partial charge in [-0.2, -0.15) is 0 Å². The van der Waals surface area contributed by atoms with Gasteiger partial charge in [0.15, 0.2) is 0 Å². The number of benzene rings is 2. The quantitative estimate of drug-likeness (QED) is 0.770. The number of fused-ring (bicyclic) bond motifs is 1. The van der Waals surface area contributed by atoms with Gasteiger partial charge in [0.25, 0.3) is 0 Å². The standard InChI is InChI=1S/C21H26N2O4S/c1-3-28(25,26)23-14-4-5-17-9-10-18(15-20(17)23)22-21(24)13-8-16-6-11-19(27-2)12-7-16/h6-7,9-12,15H,3-5,8,13-14H2,1-2H3,(H,22,24). The van der Waals surface area contributed by atoms with Crippen LogP contribution in [0.5, 0.6) is 5.75 Å². The molecule has 7 heteroatoms. The second kappa shape index (κ2) is 8.65. The highest BCUT2D eigenvalue weighted by molar-refractivity contribution is 7.92. The highest BCUT2D eigenvalue weighted by Crippen LogP contribution is 2.32. The van der Waals surface area contributed by atoms with E-state index in [1.807, 2.05) is 36.4 Å². The number of carbonyl (C=O) groups excluding carboxylic acids is 1. The summed E-state index contributed by atoms with van der Waals surface area (Å²) < 4.78 is 31.4. The van der Waals surface area contributed by atoms with Gasteiger partial charge in [0, 0.05) is 18.7 Å². The van der Waals surface area contributed by atoms with Crippen molar-refractivity contribution in [3.8, 4) is 5.75 Å². The lowest BCUT2D eigenvalue weighted by atomic mass is 10.0. The molecule has 2 aromatic rings. The van der Waals surface area contributed by atoms with Gasteiger partial charge < -0.3 is 10.1 Å². The number of carbonyl (C=O) groups is 1. The number of nitrogens with zero attached hydrogens (tertiary/aromatic N) is 1. The van der Waals surface area contributed by atoms with E-state index in [0.717, 1.165) is 29.7 Å². The molecule has 0 spiro atoms. The summed E-state index contributed by atoms with van der Waals surface area (Å²) in [5.41, 5.74) is 3.36. The summed E-state index contributed by atoms with van der Waals surface area (Å²) in [4.78, 5) is 12.3. The fourth-order valence-corrected chi connectivity index (χ4v) is 4.53. The Morgan fingerprint density at radius 3 is 2.61 bits per heavy atom. The Morgan fingerprint density at radius 2 is 1.93 bits per heavy atom. The number of amides is 1. The van der Waals surface area contributed by atoms with Gasteiger partial charge in [-0.3, -0.25) is 9.10 Å². The van der Waals surface area contributed by atoms with Crippen LogP contribution in [0.1, 0.15) is 30.9 Å². The summed E-state index contributed by atoms with van der Waals surface area (Å²) >= 11 is 0. The average molecular weight is 403 g/mol. The molecule has 28 heavy (non-hydrogen) atoms. The fraction of sp³-hybridized carbons (Fsp3) is 0.381. The lowest BCUT2D eigenvalue weighted by Crippen LogP contribution is -2.36. The molecule has 1 aliphatic rings. The van der Waals surface area contributed by atoms with Crippen molar-refractivity contribution in [1.82, 2.24) is 0 Å². The van der Waals surface area contributed by atoms with E-state index in [-0.39, 0.29) is 11.7 Å².